The van der Waals surface area contributed by atoms with Gasteiger partial charge in [-0.2, -0.15) is 0 Å². The minimum absolute atomic E-state index is 0.606. The first-order valence-corrected chi connectivity index (χ1v) is 7.85. The van der Waals surface area contributed by atoms with E-state index in [-0.39, 0.29) is 0 Å². The van der Waals surface area contributed by atoms with E-state index in [4.69, 9.17) is 0 Å². The lowest BCUT2D eigenvalue weighted by Gasteiger charge is -2.08. The monoisotopic (exact) mass is 361 g/mol. The maximum atomic E-state index is 3.60. The Morgan fingerprint density at radius 3 is 2.59 bits per heavy atom. The van der Waals surface area contributed by atoms with Gasteiger partial charge in [0, 0.05) is 15.0 Å². The van der Waals surface area contributed by atoms with Gasteiger partial charge < -0.3 is 5.32 Å². The molecule has 1 N–H and O–H groups in total. The summed E-state index contributed by atoms with van der Waals surface area (Å²) in [5.74, 6) is 0. The first kappa shape index (κ1) is 15.2. The normalized spacial score (nSPS) is 11.1. The predicted octanol–water partition coefficient (Wildman–Crippen LogP) is 4.92. The summed E-state index contributed by atoms with van der Waals surface area (Å²) in [5.41, 5.74) is 1.40. The SMILES string of the molecule is CC(C)NCCCCCc1cc(Br)ccc1Br. The summed E-state index contributed by atoms with van der Waals surface area (Å²) >= 11 is 7.11. The van der Waals surface area contributed by atoms with Crippen LogP contribution in [0, 0.1) is 0 Å². The van der Waals surface area contributed by atoms with E-state index in [1.165, 1.54) is 29.3 Å². The van der Waals surface area contributed by atoms with Crippen LogP contribution in [-0.2, 0) is 6.42 Å². The molecule has 0 heterocycles. The Morgan fingerprint density at radius 2 is 1.88 bits per heavy atom. The summed E-state index contributed by atoms with van der Waals surface area (Å²) < 4.78 is 2.39. The van der Waals surface area contributed by atoms with Crippen LogP contribution >= 0.6 is 31.9 Å². The van der Waals surface area contributed by atoms with Gasteiger partial charge >= 0.3 is 0 Å². The molecular formula is C14H21Br2N. The molecule has 0 fully saturated rings. The van der Waals surface area contributed by atoms with Crippen molar-refractivity contribution in [2.75, 3.05) is 6.54 Å². The molecule has 1 rings (SSSR count). The van der Waals surface area contributed by atoms with Gasteiger partial charge in [0.15, 0.2) is 0 Å². The van der Waals surface area contributed by atoms with Gasteiger partial charge in [0.1, 0.15) is 0 Å². The number of aryl methyl sites for hydroxylation is 1. The summed E-state index contributed by atoms with van der Waals surface area (Å²) in [6.07, 6.45) is 4.97. The molecule has 17 heavy (non-hydrogen) atoms. The predicted molar refractivity (Wildman–Crippen MR) is 82.5 cm³/mol. The summed E-state index contributed by atoms with van der Waals surface area (Å²) in [6, 6.07) is 6.99. The van der Waals surface area contributed by atoms with Gasteiger partial charge in [-0.05, 0) is 49.6 Å². The van der Waals surface area contributed by atoms with Crippen molar-refractivity contribution in [3.63, 3.8) is 0 Å². The number of rotatable bonds is 7. The van der Waals surface area contributed by atoms with Crippen molar-refractivity contribution in [2.45, 2.75) is 45.6 Å². The van der Waals surface area contributed by atoms with E-state index in [0.717, 1.165) is 17.4 Å². The molecule has 1 aromatic carbocycles. The van der Waals surface area contributed by atoms with Crippen molar-refractivity contribution in [2.24, 2.45) is 0 Å². The average molecular weight is 363 g/mol. The fraction of sp³-hybridized carbons (Fsp3) is 0.571. The van der Waals surface area contributed by atoms with Crippen molar-refractivity contribution in [1.29, 1.82) is 0 Å². The second-order valence-corrected chi connectivity index (χ2v) is 6.43. The Hall–Kier alpha value is 0.140. The van der Waals surface area contributed by atoms with Crippen LogP contribution in [0.3, 0.4) is 0 Å². The summed E-state index contributed by atoms with van der Waals surface area (Å²) in [7, 11) is 0. The Bertz CT molecular complexity index is 337. The maximum absolute atomic E-state index is 3.60. The van der Waals surface area contributed by atoms with Gasteiger partial charge in [-0.3, -0.25) is 0 Å². The molecule has 0 bridgehead atoms. The van der Waals surface area contributed by atoms with Crippen LogP contribution in [0.5, 0.6) is 0 Å². The third-order valence-electron chi connectivity index (χ3n) is 2.68. The molecule has 0 aromatic heterocycles. The lowest BCUT2D eigenvalue weighted by molar-refractivity contribution is 0.548. The van der Waals surface area contributed by atoms with Crippen LogP contribution in [-0.4, -0.2) is 12.6 Å². The Balaban J connectivity index is 2.20. The second kappa shape index (κ2) is 8.28. The van der Waals surface area contributed by atoms with Gasteiger partial charge in [0.05, 0.1) is 0 Å². The molecule has 0 aliphatic carbocycles. The number of benzene rings is 1. The van der Waals surface area contributed by atoms with Crippen LogP contribution in [0.2, 0.25) is 0 Å². The Kier molecular flexibility index (Phi) is 7.40. The summed E-state index contributed by atoms with van der Waals surface area (Å²) in [5, 5.41) is 3.45. The lowest BCUT2D eigenvalue weighted by Crippen LogP contribution is -2.23. The summed E-state index contributed by atoms with van der Waals surface area (Å²) in [4.78, 5) is 0. The smallest absolute Gasteiger partial charge is 0.0208 e. The van der Waals surface area contributed by atoms with Crippen LogP contribution < -0.4 is 5.32 Å². The highest BCUT2D eigenvalue weighted by atomic mass is 79.9. The van der Waals surface area contributed by atoms with Crippen molar-refractivity contribution < 1.29 is 0 Å². The van der Waals surface area contributed by atoms with Crippen LogP contribution in [0.25, 0.3) is 0 Å². The molecular weight excluding hydrogens is 342 g/mol. The number of hydrogen-bond acceptors (Lipinski definition) is 1. The third-order valence-corrected chi connectivity index (χ3v) is 3.95. The standard InChI is InChI=1S/C14H21Br2N/c1-11(2)17-9-5-3-4-6-12-10-13(15)7-8-14(12)16/h7-8,10-11,17H,3-6,9H2,1-2H3. The van der Waals surface area contributed by atoms with Crippen molar-refractivity contribution in [3.8, 4) is 0 Å². The molecule has 1 nitrogen and oxygen atoms in total. The molecule has 0 spiro atoms. The van der Waals surface area contributed by atoms with E-state index < -0.39 is 0 Å². The molecule has 3 heteroatoms. The zero-order valence-electron chi connectivity index (χ0n) is 10.6. The Morgan fingerprint density at radius 1 is 1.12 bits per heavy atom. The fourth-order valence-corrected chi connectivity index (χ4v) is 2.60. The molecule has 0 unspecified atom stereocenters. The van der Waals surface area contributed by atoms with E-state index in [1.807, 2.05) is 0 Å². The van der Waals surface area contributed by atoms with E-state index in [1.54, 1.807) is 0 Å². The van der Waals surface area contributed by atoms with E-state index >= 15 is 0 Å². The fourth-order valence-electron chi connectivity index (χ4n) is 1.74. The molecule has 0 aliphatic heterocycles. The molecule has 0 radical (unpaired) electrons. The topological polar surface area (TPSA) is 12.0 Å². The lowest BCUT2D eigenvalue weighted by atomic mass is 10.1. The van der Waals surface area contributed by atoms with Crippen molar-refractivity contribution >= 4 is 31.9 Å². The van der Waals surface area contributed by atoms with E-state index in [9.17, 15) is 0 Å². The minimum Gasteiger partial charge on any atom is -0.315 e. The van der Waals surface area contributed by atoms with E-state index in [2.05, 4.69) is 69.2 Å². The zero-order chi connectivity index (χ0) is 12.7. The first-order chi connectivity index (χ1) is 8.09. The van der Waals surface area contributed by atoms with Gasteiger partial charge in [-0.1, -0.05) is 52.1 Å². The molecule has 0 saturated carbocycles. The molecule has 96 valence electrons. The van der Waals surface area contributed by atoms with Crippen LogP contribution in [0.15, 0.2) is 27.1 Å². The van der Waals surface area contributed by atoms with Crippen molar-refractivity contribution in [1.82, 2.24) is 5.32 Å². The highest BCUT2D eigenvalue weighted by Crippen LogP contribution is 2.23. The molecule has 0 saturated heterocycles. The molecule has 1 aromatic rings. The molecule has 0 amide bonds. The molecule has 0 aliphatic rings. The minimum atomic E-state index is 0.606. The van der Waals surface area contributed by atoms with Crippen LogP contribution in [0.1, 0.15) is 38.7 Å². The third kappa shape index (κ3) is 6.58. The highest BCUT2D eigenvalue weighted by Gasteiger charge is 2.00. The second-order valence-electron chi connectivity index (χ2n) is 4.66. The van der Waals surface area contributed by atoms with Gasteiger partial charge in [0.2, 0.25) is 0 Å². The summed E-state index contributed by atoms with van der Waals surface area (Å²) in [6.45, 7) is 5.52. The molecule has 0 atom stereocenters. The van der Waals surface area contributed by atoms with E-state index in [0.29, 0.717) is 6.04 Å². The number of hydrogen-bond donors (Lipinski definition) is 1. The first-order valence-electron chi connectivity index (χ1n) is 6.27. The highest BCUT2D eigenvalue weighted by molar-refractivity contribution is 9.11. The number of nitrogens with one attached hydrogen (secondary N) is 1. The van der Waals surface area contributed by atoms with Gasteiger partial charge in [-0.15, -0.1) is 0 Å². The van der Waals surface area contributed by atoms with Gasteiger partial charge in [0.25, 0.3) is 0 Å². The Labute approximate surface area is 122 Å². The number of unbranched alkanes of at least 4 members (excludes halogenated alkanes) is 2. The average Bonchev–Trinajstić information content (AvgIpc) is 2.27. The maximum Gasteiger partial charge on any atom is 0.0208 e. The largest absolute Gasteiger partial charge is 0.315 e. The zero-order valence-corrected chi connectivity index (χ0v) is 13.8. The number of halogens is 2. The van der Waals surface area contributed by atoms with Crippen molar-refractivity contribution in [3.05, 3.63) is 32.7 Å². The van der Waals surface area contributed by atoms with Gasteiger partial charge in [-0.25, -0.2) is 0 Å². The van der Waals surface area contributed by atoms with Crippen LogP contribution in [0.4, 0.5) is 0 Å². The quantitative estimate of drug-likeness (QED) is 0.678.